The maximum atomic E-state index is 9.06. The van der Waals surface area contributed by atoms with Gasteiger partial charge in [-0.3, -0.25) is 0 Å². The van der Waals surface area contributed by atoms with Crippen LogP contribution in [0.3, 0.4) is 0 Å². The molecule has 2 heterocycles. The molecule has 4 heteroatoms. The third kappa shape index (κ3) is 5.05. The summed E-state index contributed by atoms with van der Waals surface area (Å²) in [5.41, 5.74) is 4.71. The van der Waals surface area contributed by atoms with E-state index >= 15 is 0 Å². The molecule has 0 N–H and O–H groups in total. The minimum absolute atomic E-state index is 0.148. The molecule has 0 radical (unpaired) electrons. The molecule has 0 amide bonds. The zero-order chi connectivity index (χ0) is 21.5. The number of anilines is 1. The molecule has 1 saturated heterocycles. The van der Waals surface area contributed by atoms with Gasteiger partial charge in [-0.05, 0) is 66.2 Å². The average molecular weight is 408 g/mol. The van der Waals surface area contributed by atoms with E-state index in [0.29, 0.717) is 24.7 Å². The number of piperidine rings is 1. The molecule has 31 heavy (non-hydrogen) atoms. The lowest BCUT2D eigenvalue weighted by Gasteiger charge is -2.34. The number of rotatable bonds is 4. The van der Waals surface area contributed by atoms with Crippen molar-refractivity contribution >= 4 is 11.8 Å². The Hall–Kier alpha value is -3.76. The largest absolute Gasteiger partial charge is 0.493 e. The summed E-state index contributed by atoms with van der Waals surface area (Å²) in [5, 5.41) is 9.06. The number of hydrogen-bond donors (Lipinski definition) is 0. The maximum absolute atomic E-state index is 9.06. The lowest BCUT2D eigenvalue weighted by Crippen LogP contribution is -2.32. The van der Waals surface area contributed by atoms with Crippen LogP contribution in [0, 0.1) is 17.9 Å². The standard InChI is InChI=1S/C27H25N3O/c1-29-27(20-28)24-15-18-31-26(19-24)12-9-21-7-10-25(11-8-21)30-16-13-23(14-17-30)22-5-3-2-4-6-22/h2-12,19,23H,13-18H2/b12-9+,27-24-. The Bertz CT molecular complexity index is 1060. The molecule has 2 aromatic carbocycles. The Morgan fingerprint density at radius 1 is 1.06 bits per heavy atom. The number of nitriles is 1. The van der Waals surface area contributed by atoms with Gasteiger partial charge in [-0.1, -0.05) is 48.5 Å². The predicted octanol–water partition coefficient (Wildman–Crippen LogP) is 6.08. The number of allylic oxidation sites excluding steroid dienone is 3. The van der Waals surface area contributed by atoms with Gasteiger partial charge >= 0.3 is 0 Å². The zero-order valence-electron chi connectivity index (χ0n) is 17.5. The highest BCUT2D eigenvalue weighted by Crippen LogP contribution is 2.30. The van der Waals surface area contributed by atoms with Gasteiger partial charge in [0.25, 0.3) is 5.70 Å². The van der Waals surface area contributed by atoms with Crippen molar-refractivity contribution in [2.75, 3.05) is 24.6 Å². The van der Waals surface area contributed by atoms with Crippen LogP contribution in [0.5, 0.6) is 0 Å². The van der Waals surface area contributed by atoms with E-state index in [1.165, 1.54) is 24.1 Å². The fourth-order valence-electron chi connectivity index (χ4n) is 4.19. The van der Waals surface area contributed by atoms with Crippen molar-refractivity contribution in [3.63, 3.8) is 0 Å². The molecule has 0 aromatic heterocycles. The summed E-state index contributed by atoms with van der Waals surface area (Å²) in [6.07, 6.45) is 8.66. The minimum atomic E-state index is 0.148. The zero-order valence-corrected chi connectivity index (χ0v) is 17.5. The van der Waals surface area contributed by atoms with Crippen molar-refractivity contribution in [1.29, 1.82) is 5.26 Å². The van der Waals surface area contributed by atoms with E-state index < -0.39 is 0 Å². The van der Waals surface area contributed by atoms with E-state index in [0.717, 1.165) is 24.2 Å². The lowest BCUT2D eigenvalue weighted by atomic mass is 9.89. The van der Waals surface area contributed by atoms with Crippen LogP contribution < -0.4 is 4.90 Å². The molecule has 4 nitrogen and oxygen atoms in total. The number of ether oxygens (including phenoxy) is 1. The second-order valence-corrected chi connectivity index (χ2v) is 7.84. The Balaban J connectivity index is 1.37. The van der Waals surface area contributed by atoms with Crippen LogP contribution in [0.25, 0.3) is 10.9 Å². The van der Waals surface area contributed by atoms with Gasteiger partial charge < -0.3 is 9.64 Å². The molecule has 2 aliphatic rings. The maximum Gasteiger partial charge on any atom is 0.265 e. The van der Waals surface area contributed by atoms with Crippen molar-refractivity contribution in [3.05, 3.63) is 106 Å². The third-order valence-electron chi connectivity index (χ3n) is 5.94. The first kappa shape index (κ1) is 20.5. The van der Waals surface area contributed by atoms with Gasteiger partial charge in [-0.2, -0.15) is 0 Å². The topological polar surface area (TPSA) is 40.6 Å². The first-order valence-corrected chi connectivity index (χ1v) is 10.7. The van der Waals surface area contributed by atoms with Crippen molar-refractivity contribution in [3.8, 4) is 6.07 Å². The second kappa shape index (κ2) is 9.83. The molecule has 2 aromatic rings. The first-order valence-electron chi connectivity index (χ1n) is 10.7. The summed E-state index contributed by atoms with van der Waals surface area (Å²) in [6, 6.07) is 21.4. The summed E-state index contributed by atoms with van der Waals surface area (Å²) in [6.45, 7) is 9.75. The fraction of sp³-hybridized carbons (Fsp3) is 0.259. The molecule has 0 spiro atoms. The molecular weight excluding hydrogens is 382 g/mol. The molecule has 0 saturated carbocycles. The Morgan fingerprint density at radius 2 is 1.81 bits per heavy atom. The average Bonchev–Trinajstić information content (AvgIpc) is 2.85. The summed E-state index contributed by atoms with van der Waals surface area (Å²) in [4.78, 5) is 5.76. The third-order valence-corrected chi connectivity index (χ3v) is 5.94. The highest BCUT2D eigenvalue weighted by atomic mass is 16.5. The van der Waals surface area contributed by atoms with E-state index in [-0.39, 0.29) is 5.70 Å². The van der Waals surface area contributed by atoms with E-state index in [1.807, 2.05) is 18.2 Å². The van der Waals surface area contributed by atoms with Gasteiger partial charge in [-0.25, -0.2) is 10.1 Å². The van der Waals surface area contributed by atoms with Crippen LogP contribution in [0.1, 0.15) is 36.3 Å². The molecule has 4 rings (SSSR count). The van der Waals surface area contributed by atoms with Crippen LogP contribution in [0.15, 0.2) is 83.8 Å². The van der Waals surface area contributed by atoms with Gasteiger partial charge in [0.05, 0.1) is 19.2 Å². The molecule has 0 atom stereocenters. The van der Waals surface area contributed by atoms with Gasteiger partial charge in [0.15, 0.2) is 0 Å². The van der Waals surface area contributed by atoms with Gasteiger partial charge in [0.1, 0.15) is 5.76 Å². The van der Waals surface area contributed by atoms with Crippen LogP contribution in [0.4, 0.5) is 5.69 Å². The van der Waals surface area contributed by atoms with Crippen LogP contribution in [0.2, 0.25) is 0 Å². The quantitative estimate of drug-likeness (QED) is 0.455. The van der Waals surface area contributed by atoms with Gasteiger partial charge in [0, 0.05) is 18.8 Å². The van der Waals surface area contributed by atoms with E-state index in [9.17, 15) is 0 Å². The fourth-order valence-corrected chi connectivity index (χ4v) is 4.19. The van der Waals surface area contributed by atoms with Crippen LogP contribution in [-0.2, 0) is 4.74 Å². The molecular formula is C27H25N3O. The number of nitrogens with zero attached hydrogens (tertiary/aromatic N) is 3. The van der Waals surface area contributed by atoms with E-state index in [2.05, 4.69) is 64.3 Å². The van der Waals surface area contributed by atoms with Crippen LogP contribution in [-0.4, -0.2) is 19.7 Å². The number of benzene rings is 2. The minimum Gasteiger partial charge on any atom is -0.493 e. The highest BCUT2D eigenvalue weighted by molar-refractivity contribution is 5.58. The second-order valence-electron chi connectivity index (χ2n) is 7.84. The van der Waals surface area contributed by atoms with Crippen molar-refractivity contribution in [2.24, 2.45) is 0 Å². The summed E-state index contributed by atoms with van der Waals surface area (Å²) < 4.78 is 5.65. The van der Waals surface area contributed by atoms with E-state index in [4.69, 9.17) is 16.6 Å². The van der Waals surface area contributed by atoms with Gasteiger partial charge in [0.2, 0.25) is 0 Å². The van der Waals surface area contributed by atoms with Crippen molar-refractivity contribution < 1.29 is 4.74 Å². The molecule has 1 fully saturated rings. The SMILES string of the molecule is [C-]#[N+]/C(C#N)=C1C=C(/C=C/c2ccc(N3CCC(c4ccccc4)CC3)cc2)OCC\1. The van der Waals surface area contributed by atoms with E-state index in [1.54, 1.807) is 6.08 Å². The predicted molar refractivity (Wildman–Crippen MR) is 124 cm³/mol. The summed E-state index contributed by atoms with van der Waals surface area (Å²) in [5.74, 6) is 1.34. The Labute approximate surface area is 184 Å². The molecule has 0 unspecified atom stereocenters. The molecule has 2 aliphatic heterocycles. The molecule has 154 valence electrons. The summed E-state index contributed by atoms with van der Waals surface area (Å²) in [7, 11) is 0. The number of hydrogen-bond acceptors (Lipinski definition) is 3. The van der Waals surface area contributed by atoms with Crippen molar-refractivity contribution in [2.45, 2.75) is 25.2 Å². The normalized spacial score (nSPS) is 18.6. The van der Waals surface area contributed by atoms with Crippen LogP contribution >= 0.6 is 0 Å². The Morgan fingerprint density at radius 3 is 2.48 bits per heavy atom. The monoisotopic (exact) mass is 407 g/mol. The first-order chi connectivity index (χ1) is 15.3. The van der Waals surface area contributed by atoms with Gasteiger partial charge in [-0.15, -0.1) is 0 Å². The molecule has 0 aliphatic carbocycles. The lowest BCUT2D eigenvalue weighted by molar-refractivity contribution is 0.219. The Kier molecular flexibility index (Phi) is 6.50. The highest BCUT2D eigenvalue weighted by Gasteiger charge is 2.20. The molecule has 0 bridgehead atoms. The summed E-state index contributed by atoms with van der Waals surface area (Å²) >= 11 is 0. The van der Waals surface area contributed by atoms with Crippen molar-refractivity contribution in [1.82, 2.24) is 0 Å². The smallest absolute Gasteiger partial charge is 0.265 e.